The summed E-state index contributed by atoms with van der Waals surface area (Å²) in [6.45, 7) is 4.80. The molecule has 0 saturated carbocycles. The van der Waals surface area contributed by atoms with Crippen LogP contribution in [-0.2, 0) is 93.8 Å². The van der Waals surface area contributed by atoms with Crippen molar-refractivity contribution >= 4 is 69.5 Å². The molecule has 4 aromatic rings. The molecular weight excluding hydrogens is 1080 g/mol. The maximum absolute atomic E-state index is 15.4. The van der Waals surface area contributed by atoms with Gasteiger partial charge >= 0.3 is 5.97 Å². The molecule has 83 heavy (non-hydrogen) atoms. The highest BCUT2D eigenvalue weighted by Crippen LogP contribution is 2.46. The zero-order chi connectivity index (χ0) is 59.5. The Bertz CT molecular complexity index is 3360. The highest BCUT2D eigenvalue weighted by atomic mass is 19.1. The number of imide groups is 1. The van der Waals surface area contributed by atoms with Gasteiger partial charge in [-0.3, -0.25) is 52.8 Å². The average Bonchev–Trinajstić information content (AvgIpc) is 3.85. The average molecular weight is 1150 g/mol. The molecule has 440 valence electrons. The number of rotatable bonds is 31. The molecule has 8 rings (SSSR count). The predicted molar refractivity (Wildman–Crippen MR) is 296 cm³/mol. The molecule has 0 spiro atoms. The maximum atomic E-state index is 15.4. The number of esters is 1. The predicted octanol–water partition coefficient (Wildman–Crippen LogP) is 4.25. The summed E-state index contributed by atoms with van der Waals surface area (Å²) in [4.78, 5) is 147. The van der Waals surface area contributed by atoms with Gasteiger partial charge in [-0.15, -0.1) is 0 Å². The van der Waals surface area contributed by atoms with E-state index in [1.807, 2.05) is 6.07 Å². The molecular formula is C61H69FN6O15. The lowest BCUT2D eigenvalue weighted by atomic mass is 9.81. The van der Waals surface area contributed by atoms with Crippen LogP contribution in [0.3, 0.4) is 0 Å². The number of benzene rings is 2. The molecule has 3 aliphatic heterocycles. The van der Waals surface area contributed by atoms with E-state index in [0.717, 1.165) is 16.0 Å². The fourth-order valence-electron chi connectivity index (χ4n) is 11.1. The van der Waals surface area contributed by atoms with Crippen molar-refractivity contribution in [2.75, 3.05) is 46.1 Å². The normalized spacial score (nSPS) is 17.1. The highest BCUT2D eigenvalue weighted by molar-refractivity contribution is 6.16. The fourth-order valence-corrected chi connectivity index (χ4v) is 11.1. The van der Waals surface area contributed by atoms with Crippen molar-refractivity contribution in [2.45, 2.75) is 135 Å². The van der Waals surface area contributed by atoms with E-state index in [-0.39, 0.29) is 164 Å². The molecule has 0 saturated heterocycles. The number of carbonyl (C=O) groups excluding carboxylic acids is 10. The van der Waals surface area contributed by atoms with Crippen molar-refractivity contribution in [3.8, 4) is 11.4 Å². The van der Waals surface area contributed by atoms with Gasteiger partial charge in [0.15, 0.2) is 17.2 Å². The smallest absolute Gasteiger partial charge is 0.343 e. The summed E-state index contributed by atoms with van der Waals surface area (Å²) in [5, 5.41) is 20.4. The summed E-state index contributed by atoms with van der Waals surface area (Å²) in [5.41, 5.74) is 2.50. The van der Waals surface area contributed by atoms with Crippen LogP contribution in [0.2, 0.25) is 0 Å². The van der Waals surface area contributed by atoms with Crippen LogP contribution < -0.4 is 21.5 Å². The Labute approximate surface area is 478 Å². The zero-order valence-corrected chi connectivity index (χ0v) is 46.9. The highest BCUT2D eigenvalue weighted by Gasteiger charge is 2.46. The fraction of sp³-hybridized carbons (Fsp3) is 0.475. The van der Waals surface area contributed by atoms with Crippen LogP contribution >= 0.6 is 0 Å². The van der Waals surface area contributed by atoms with Gasteiger partial charge in [-0.2, -0.15) is 0 Å². The second-order valence-corrected chi connectivity index (χ2v) is 21.5. The number of Topliss-reactive ketones (excluding diaryl/α,β-unsaturated/α-hetero) is 4. The van der Waals surface area contributed by atoms with E-state index in [2.05, 4.69) is 16.0 Å². The lowest BCUT2D eigenvalue weighted by Crippen LogP contribution is -2.44. The number of carbonyl (C=O) groups is 10. The van der Waals surface area contributed by atoms with Crippen LogP contribution in [0.15, 0.2) is 58.9 Å². The standard InChI is InChI=1S/C61H69FN6O15/c1-4-61(80)46-29-50-56-44(33-68(50)59(78)45(46)34-83-60(61)79)55-48(17-16-43-36(3)47(62)30-49(66-56)54(43)55)65-52(74)14-8-12-41(71)31-64-57(76)38(27-37-10-6-5-7-11-37)28-42(72)32-63-51(73)18-15-40(70)20-23-82-25-24-81-22-9-13-39(69)19-21-67-53(75)26-35(2)58(67)77/h5-7,10-11,26,29-30,38,48,80H,4,8-9,12-25,27-28,31-34H2,1-3H3,(H,63,73)(H,64,76)(H,65,74)/t38-,48+,61+/m1/s1. The molecule has 0 fully saturated rings. The minimum Gasteiger partial charge on any atom is -0.458 e. The number of nitrogens with one attached hydrogen (secondary N) is 3. The van der Waals surface area contributed by atoms with Crippen molar-refractivity contribution < 1.29 is 71.7 Å². The van der Waals surface area contributed by atoms with Crippen LogP contribution in [0.4, 0.5) is 4.39 Å². The first kappa shape index (κ1) is 61.1. The summed E-state index contributed by atoms with van der Waals surface area (Å²) in [5.74, 6) is -5.49. The van der Waals surface area contributed by atoms with Gasteiger partial charge in [0.05, 0.1) is 68.0 Å². The molecule has 22 heteroatoms. The Morgan fingerprint density at radius 2 is 1.53 bits per heavy atom. The van der Waals surface area contributed by atoms with E-state index in [0.29, 0.717) is 70.4 Å². The largest absolute Gasteiger partial charge is 0.458 e. The number of halogens is 1. The van der Waals surface area contributed by atoms with Gasteiger partial charge in [-0.25, -0.2) is 14.2 Å². The van der Waals surface area contributed by atoms with E-state index < -0.39 is 58.4 Å². The molecule has 0 radical (unpaired) electrons. The number of fused-ring (bicyclic) bond motifs is 5. The quantitative estimate of drug-likeness (QED) is 0.0274. The molecule has 0 unspecified atom stereocenters. The zero-order valence-electron chi connectivity index (χ0n) is 46.9. The van der Waals surface area contributed by atoms with Gasteiger partial charge in [-0.1, -0.05) is 37.3 Å². The van der Waals surface area contributed by atoms with E-state index >= 15 is 4.39 Å². The summed E-state index contributed by atoms with van der Waals surface area (Å²) in [6.07, 6.45) is 2.64. The number of aromatic nitrogens is 2. The minimum atomic E-state index is -2.05. The van der Waals surface area contributed by atoms with E-state index in [4.69, 9.17) is 19.2 Å². The van der Waals surface area contributed by atoms with Gasteiger partial charge < -0.3 is 39.8 Å². The summed E-state index contributed by atoms with van der Waals surface area (Å²) >= 11 is 0. The number of pyridine rings is 2. The molecule has 2 aromatic heterocycles. The van der Waals surface area contributed by atoms with Crippen LogP contribution in [0.25, 0.3) is 22.3 Å². The molecule has 2 aromatic carbocycles. The Balaban J connectivity index is 0.748. The lowest BCUT2D eigenvalue weighted by Gasteiger charge is -2.31. The third kappa shape index (κ3) is 14.5. The van der Waals surface area contributed by atoms with E-state index in [9.17, 15) is 57.8 Å². The molecule has 21 nitrogen and oxygen atoms in total. The SMILES string of the molecule is CC[C@@]1(O)C(=O)OCc2c1cc1n(c2=O)Cc2c-1nc1cc(F)c(C)c3c1c2[C@@H](NC(=O)CCCC(=O)CNC(=O)[C@@H](CC(=O)CNC(=O)CCC(=O)CCOCCOCCCC(=O)CCN1C(=O)C=C(C)C1=O)Cc1ccccc1)CC3. The summed E-state index contributed by atoms with van der Waals surface area (Å²) < 4.78 is 33.1. The number of aliphatic hydroxyl groups is 1. The van der Waals surface area contributed by atoms with Crippen molar-refractivity contribution in [3.63, 3.8) is 0 Å². The molecule has 4 N–H and O–H groups in total. The van der Waals surface area contributed by atoms with Crippen LogP contribution in [0, 0.1) is 18.7 Å². The van der Waals surface area contributed by atoms with Crippen molar-refractivity contribution in [3.05, 3.63) is 109 Å². The third-order valence-electron chi connectivity index (χ3n) is 15.8. The minimum absolute atomic E-state index is 0.0420. The Morgan fingerprint density at radius 3 is 2.27 bits per heavy atom. The monoisotopic (exact) mass is 1140 g/mol. The van der Waals surface area contributed by atoms with Crippen molar-refractivity contribution in [1.29, 1.82) is 0 Å². The van der Waals surface area contributed by atoms with Gasteiger partial charge in [0.25, 0.3) is 17.4 Å². The Hall–Kier alpha value is -7.95. The number of aryl methyl sites for hydroxylation is 1. The summed E-state index contributed by atoms with van der Waals surface area (Å²) in [6, 6.07) is 11.3. The summed E-state index contributed by atoms with van der Waals surface area (Å²) in [7, 11) is 0. The van der Waals surface area contributed by atoms with Crippen LogP contribution in [0.1, 0.15) is 136 Å². The number of cyclic esters (lactones) is 1. The first-order valence-electron chi connectivity index (χ1n) is 28.2. The lowest BCUT2D eigenvalue weighted by molar-refractivity contribution is -0.172. The van der Waals surface area contributed by atoms with Crippen LogP contribution in [0.5, 0.6) is 0 Å². The number of ether oxygens (including phenoxy) is 3. The second-order valence-electron chi connectivity index (χ2n) is 21.5. The second kappa shape index (κ2) is 27.4. The number of nitrogens with zero attached hydrogens (tertiary/aromatic N) is 3. The van der Waals surface area contributed by atoms with Gasteiger partial charge in [0.2, 0.25) is 17.7 Å². The Morgan fingerprint density at radius 1 is 0.807 bits per heavy atom. The van der Waals surface area contributed by atoms with Gasteiger partial charge in [0, 0.05) is 105 Å². The molecule has 4 aliphatic rings. The molecule has 3 atom stereocenters. The number of amides is 5. The van der Waals surface area contributed by atoms with Gasteiger partial charge in [-0.05, 0) is 80.7 Å². The van der Waals surface area contributed by atoms with E-state index in [1.54, 1.807) is 51.1 Å². The maximum Gasteiger partial charge on any atom is 0.343 e. The van der Waals surface area contributed by atoms with Crippen molar-refractivity contribution in [2.24, 2.45) is 5.92 Å². The molecule has 5 amide bonds. The molecule has 0 bridgehead atoms. The first-order chi connectivity index (χ1) is 39.8. The number of hydrogen-bond donors (Lipinski definition) is 4. The molecule has 1 aliphatic carbocycles. The first-order valence-corrected chi connectivity index (χ1v) is 28.2. The van der Waals surface area contributed by atoms with Crippen molar-refractivity contribution in [1.82, 2.24) is 30.4 Å². The topological polar surface area (TPSA) is 293 Å². The third-order valence-corrected chi connectivity index (χ3v) is 15.8. The molecule has 5 heterocycles. The number of ketones is 4. The van der Waals surface area contributed by atoms with Crippen LogP contribution in [-0.4, -0.2) is 124 Å². The van der Waals surface area contributed by atoms with Gasteiger partial charge in [0.1, 0.15) is 24.0 Å². The van der Waals surface area contributed by atoms with E-state index in [1.165, 1.54) is 16.7 Å². The number of hydrogen-bond acceptors (Lipinski definition) is 16. The Kier molecular flexibility index (Phi) is 20.2.